The van der Waals surface area contributed by atoms with Crippen molar-refractivity contribution < 1.29 is 18.3 Å². The average molecular weight is 272 g/mol. The zero-order valence-electron chi connectivity index (χ0n) is 10.0. The van der Waals surface area contributed by atoms with Gasteiger partial charge in [0.15, 0.2) is 0 Å². The van der Waals surface area contributed by atoms with Crippen LogP contribution in [0.2, 0.25) is 0 Å². The molecule has 0 radical (unpaired) electrons. The summed E-state index contributed by atoms with van der Waals surface area (Å²) >= 11 is 0. The largest absolute Gasteiger partial charge is 0.395 e. The van der Waals surface area contributed by atoms with E-state index in [1.54, 1.807) is 18.2 Å². The zero-order chi connectivity index (χ0) is 13.6. The maximum absolute atomic E-state index is 11.8. The molecule has 1 aromatic carbocycles. The van der Waals surface area contributed by atoms with Crippen molar-refractivity contribution >= 4 is 15.9 Å². The summed E-state index contributed by atoms with van der Waals surface area (Å²) in [7, 11) is -2.17. The van der Waals surface area contributed by atoms with E-state index < -0.39 is 15.9 Å². The maximum Gasteiger partial charge on any atom is 0.241 e. The number of carbonyl (C=O) groups is 1. The first-order chi connectivity index (χ1) is 8.47. The van der Waals surface area contributed by atoms with Crippen LogP contribution in [0.25, 0.3) is 0 Å². The van der Waals surface area contributed by atoms with Crippen LogP contribution in [-0.2, 0) is 14.8 Å². The van der Waals surface area contributed by atoms with Crippen molar-refractivity contribution in [3.05, 3.63) is 30.3 Å². The predicted molar refractivity (Wildman–Crippen MR) is 66.4 cm³/mol. The van der Waals surface area contributed by atoms with Crippen molar-refractivity contribution in [2.45, 2.75) is 4.90 Å². The smallest absolute Gasteiger partial charge is 0.241 e. The summed E-state index contributed by atoms with van der Waals surface area (Å²) in [5, 5.41) is 8.66. The molecule has 0 heterocycles. The van der Waals surface area contributed by atoms with E-state index in [2.05, 4.69) is 4.72 Å². The first-order valence-corrected chi connectivity index (χ1v) is 6.85. The molecule has 7 heteroatoms. The Kier molecular flexibility index (Phi) is 5.26. The Balaban J connectivity index is 2.61. The van der Waals surface area contributed by atoms with Gasteiger partial charge < -0.3 is 10.0 Å². The summed E-state index contributed by atoms with van der Waals surface area (Å²) < 4.78 is 25.8. The predicted octanol–water partition coefficient (Wildman–Crippen LogP) is -0.584. The van der Waals surface area contributed by atoms with Crippen LogP contribution in [0.1, 0.15) is 0 Å². The number of nitrogens with one attached hydrogen (secondary N) is 1. The number of benzene rings is 1. The van der Waals surface area contributed by atoms with Gasteiger partial charge in [0.2, 0.25) is 15.9 Å². The fraction of sp³-hybridized carbons (Fsp3) is 0.364. The summed E-state index contributed by atoms with van der Waals surface area (Å²) in [4.78, 5) is 12.9. The summed E-state index contributed by atoms with van der Waals surface area (Å²) in [6.45, 7) is -0.312. The van der Waals surface area contributed by atoms with E-state index in [0.717, 1.165) is 0 Å². The molecule has 0 saturated carbocycles. The van der Waals surface area contributed by atoms with Crippen molar-refractivity contribution in [3.8, 4) is 0 Å². The zero-order valence-corrected chi connectivity index (χ0v) is 10.9. The van der Waals surface area contributed by atoms with E-state index in [4.69, 9.17) is 5.11 Å². The fourth-order valence-corrected chi connectivity index (χ4v) is 2.24. The van der Waals surface area contributed by atoms with E-state index in [0.29, 0.717) is 0 Å². The lowest BCUT2D eigenvalue weighted by Crippen LogP contribution is -2.39. The van der Waals surface area contributed by atoms with Gasteiger partial charge in [-0.15, -0.1) is 0 Å². The second kappa shape index (κ2) is 6.48. The molecule has 0 aliphatic carbocycles. The number of likely N-dealkylation sites (N-methyl/N-ethyl adjacent to an activating group) is 1. The Morgan fingerprint density at radius 1 is 1.33 bits per heavy atom. The topological polar surface area (TPSA) is 86.7 Å². The van der Waals surface area contributed by atoms with Gasteiger partial charge in [-0.2, -0.15) is 0 Å². The van der Waals surface area contributed by atoms with Crippen molar-refractivity contribution in [2.75, 3.05) is 26.7 Å². The van der Waals surface area contributed by atoms with Crippen LogP contribution in [0.3, 0.4) is 0 Å². The number of nitrogens with zero attached hydrogens (tertiary/aromatic N) is 1. The lowest BCUT2D eigenvalue weighted by atomic mass is 10.4. The molecule has 1 rings (SSSR count). The molecule has 0 aromatic heterocycles. The molecule has 0 bridgehead atoms. The van der Waals surface area contributed by atoms with Crippen molar-refractivity contribution in [3.63, 3.8) is 0 Å². The normalized spacial score (nSPS) is 11.2. The fourth-order valence-electron chi connectivity index (χ4n) is 1.25. The molecule has 0 unspecified atom stereocenters. The Morgan fingerprint density at radius 3 is 2.50 bits per heavy atom. The Morgan fingerprint density at radius 2 is 1.94 bits per heavy atom. The number of aliphatic hydroxyl groups is 1. The minimum atomic E-state index is -3.66. The number of carbonyl (C=O) groups excluding carboxylic acids is 1. The standard InChI is InChI=1S/C11H16N2O4S/c1-13(7-8-14)11(15)9-12-18(16,17)10-5-3-2-4-6-10/h2-6,12,14H,7-9H2,1H3. The lowest BCUT2D eigenvalue weighted by molar-refractivity contribution is -0.129. The number of rotatable bonds is 6. The third-order valence-corrected chi connectivity index (χ3v) is 3.75. The molecule has 1 aromatic rings. The highest BCUT2D eigenvalue weighted by molar-refractivity contribution is 7.89. The molecule has 18 heavy (non-hydrogen) atoms. The molecule has 2 N–H and O–H groups in total. The maximum atomic E-state index is 11.8. The highest BCUT2D eigenvalue weighted by Gasteiger charge is 2.16. The number of hydrogen-bond acceptors (Lipinski definition) is 4. The van der Waals surface area contributed by atoms with Gasteiger partial charge in [0, 0.05) is 13.6 Å². The summed E-state index contributed by atoms with van der Waals surface area (Å²) in [5.41, 5.74) is 0. The van der Waals surface area contributed by atoms with Gasteiger partial charge in [-0.3, -0.25) is 4.79 Å². The van der Waals surface area contributed by atoms with Gasteiger partial charge in [0.25, 0.3) is 0 Å². The van der Waals surface area contributed by atoms with Gasteiger partial charge in [-0.25, -0.2) is 13.1 Å². The van der Waals surface area contributed by atoms with Crippen LogP contribution in [-0.4, -0.2) is 51.1 Å². The van der Waals surface area contributed by atoms with Gasteiger partial charge in [0.1, 0.15) is 0 Å². The number of sulfonamides is 1. The number of aliphatic hydroxyl groups excluding tert-OH is 1. The van der Waals surface area contributed by atoms with Gasteiger partial charge in [0.05, 0.1) is 18.0 Å². The van der Waals surface area contributed by atoms with Crippen molar-refractivity contribution in [2.24, 2.45) is 0 Å². The molecule has 0 saturated heterocycles. The van der Waals surface area contributed by atoms with E-state index in [9.17, 15) is 13.2 Å². The van der Waals surface area contributed by atoms with Gasteiger partial charge in [-0.1, -0.05) is 18.2 Å². The second-order valence-corrected chi connectivity index (χ2v) is 5.44. The van der Waals surface area contributed by atoms with Crippen LogP contribution in [0.5, 0.6) is 0 Å². The van der Waals surface area contributed by atoms with Crippen LogP contribution < -0.4 is 4.72 Å². The summed E-state index contributed by atoms with van der Waals surface area (Å²) in [5.74, 6) is -0.399. The van der Waals surface area contributed by atoms with Crippen molar-refractivity contribution in [1.29, 1.82) is 0 Å². The van der Waals surface area contributed by atoms with E-state index in [-0.39, 0.29) is 24.6 Å². The minimum absolute atomic E-state index is 0.114. The van der Waals surface area contributed by atoms with Crippen LogP contribution in [0.15, 0.2) is 35.2 Å². The molecule has 6 nitrogen and oxygen atoms in total. The third-order valence-electron chi connectivity index (χ3n) is 2.33. The Hall–Kier alpha value is -1.44. The molecule has 0 aliphatic rings. The first-order valence-electron chi connectivity index (χ1n) is 5.37. The molecule has 0 aliphatic heterocycles. The second-order valence-electron chi connectivity index (χ2n) is 3.68. The summed E-state index contributed by atoms with van der Waals surface area (Å²) in [6, 6.07) is 7.82. The quantitative estimate of drug-likeness (QED) is 0.725. The van der Waals surface area contributed by atoms with Gasteiger partial charge in [-0.05, 0) is 12.1 Å². The number of hydrogen-bond donors (Lipinski definition) is 2. The summed E-state index contributed by atoms with van der Waals surface area (Å²) in [6.07, 6.45) is 0. The molecule has 100 valence electrons. The Bertz CT molecular complexity index is 487. The van der Waals surface area contributed by atoms with E-state index >= 15 is 0 Å². The first kappa shape index (κ1) is 14.6. The molecule has 0 spiro atoms. The number of amides is 1. The minimum Gasteiger partial charge on any atom is -0.395 e. The molecule has 0 atom stereocenters. The monoisotopic (exact) mass is 272 g/mol. The molecule has 1 amide bonds. The van der Waals surface area contributed by atoms with Crippen LogP contribution in [0, 0.1) is 0 Å². The lowest BCUT2D eigenvalue weighted by Gasteiger charge is -2.15. The molecule has 0 fully saturated rings. The SMILES string of the molecule is CN(CCO)C(=O)CNS(=O)(=O)c1ccccc1. The van der Waals surface area contributed by atoms with E-state index in [1.807, 2.05) is 0 Å². The Labute approximate surface area is 106 Å². The molecular formula is C11H16N2O4S. The third kappa shape index (κ3) is 4.10. The molecular weight excluding hydrogens is 256 g/mol. The highest BCUT2D eigenvalue weighted by atomic mass is 32.2. The highest BCUT2D eigenvalue weighted by Crippen LogP contribution is 2.06. The van der Waals surface area contributed by atoms with Crippen molar-refractivity contribution in [1.82, 2.24) is 9.62 Å². The van der Waals surface area contributed by atoms with Crippen LogP contribution >= 0.6 is 0 Å². The van der Waals surface area contributed by atoms with E-state index in [1.165, 1.54) is 24.1 Å². The van der Waals surface area contributed by atoms with Crippen LogP contribution in [0.4, 0.5) is 0 Å². The van der Waals surface area contributed by atoms with Gasteiger partial charge >= 0.3 is 0 Å². The average Bonchev–Trinajstić information content (AvgIpc) is 2.37.